The molecule has 1 unspecified atom stereocenters. The van der Waals surface area contributed by atoms with E-state index in [1.165, 1.54) is 4.31 Å². The number of piperazine rings is 1. The molecule has 0 spiro atoms. The molecule has 1 amide bonds. The van der Waals surface area contributed by atoms with Crippen LogP contribution in [0.1, 0.15) is 19.8 Å². The van der Waals surface area contributed by atoms with Gasteiger partial charge in [-0.25, -0.2) is 8.42 Å². The van der Waals surface area contributed by atoms with Gasteiger partial charge in [-0.3, -0.25) is 4.79 Å². The fraction of sp³-hybridized carbons (Fsp3) is 0.917. The maximum Gasteiger partial charge on any atom is 0.225 e. The van der Waals surface area contributed by atoms with Crippen LogP contribution in [0.5, 0.6) is 0 Å². The van der Waals surface area contributed by atoms with Gasteiger partial charge in [0.15, 0.2) is 0 Å². The van der Waals surface area contributed by atoms with Gasteiger partial charge in [0.2, 0.25) is 15.9 Å². The normalized spacial score (nSPS) is 23.4. The van der Waals surface area contributed by atoms with E-state index in [4.69, 9.17) is 11.6 Å². The molecule has 0 radical (unpaired) electrons. The summed E-state index contributed by atoms with van der Waals surface area (Å²) < 4.78 is 25.8. The number of amides is 1. The number of halogens is 1. The highest BCUT2D eigenvalue weighted by atomic mass is 35.5. The van der Waals surface area contributed by atoms with E-state index in [0.717, 1.165) is 12.8 Å². The molecule has 19 heavy (non-hydrogen) atoms. The molecular weight excluding hydrogens is 288 g/mol. The molecule has 110 valence electrons. The number of sulfonamides is 1. The van der Waals surface area contributed by atoms with Gasteiger partial charge < -0.3 is 4.90 Å². The number of rotatable bonds is 5. The second-order valence-corrected chi connectivity index (χ2v) is 7.86. The summed E-state index contributed by atoms with van der Waals surface area (Å²) in [6.07, 6.45) is 1.98. The van der Waals surface area contributed by atoms with Crippen LogP contribution in [0.3, 0.4) is 0 Å². The van der Waals surface area contributed by atoms with E-state index in [1.54, 1.807) is 4.90 Å². The molecule has 2 fully saturated rings. The first-order valence-electron chi connectivity index (χ1n) is 6.76. The Labute approximate surface area is 119 Å². The number of alkyl halides is 1. The van der Waals surface area contributed by atoms with Crippen LogP contribution in [0.25, 0.3) is 0 Å². The van der Waals surface area contributed by atoms with Crippen molar-refractivity contribution in [1.29, 1.82) is 0 Å². The minimum absolute atomic E-state index is 0.0437. The molecule has 7 heteroatoms. The molecule has 1 aliphatic carbocycles. The van der Waals surface area contributed by atoms with Gasteiger partial charge in [0, 0.05) is 38.0 Å². The number of carbonyl (C=O) groups is 1. The van der Waals surface area contributed by atoms with Gasteiger partial charge in [0.05, 0.1) is 5.75 Å². The number of hydrogen-bond donors (Lipinski definition) is 0. The third-order valence-corrected chi connectivity index (χ3v) is 6.30. The topological polar surface area (TPSA) is 57.7 Å². The van der Waals surface area contributed by atoms with Crippen molar-refractivity contribution in [3.05, 3.63) is 0 Å². The van der Waals surface area contributed by atoms with Crippen molar-refractivity contribution in [2.24, 2.45) is 11.8 Å². The number of carbonyl (C=O) groups excluding carboxylic acids is 1. The molecule has 2 rings (SSSR count). The summed E-state index contributed by atoms with van der Waals surface area (Å²) in [4.78, 5) is 13.7. The Morgan fingerprint density at radius 3 is 2.32 bits per heavy atom. The molecule has 0 N–H and O–H groups in total. The van der Waals surface area contributed by atoms with Gasteiger partial charge >= 0.3 is 0 Å². The van der Waals surface area contributed by atoms with Crippen LogP contribution in [0.2, 0.25) is 0 Å². The van der Waals surface area contributed by atoms with Crippen LogP contribution in [0, 0.1) is 11.8 Å². The first-order chi connectivity index (χ1) is 8.94. The Kier molecular flexibility index (Phi) is 4.74. The molecule has 0 aromatic carbocycles. The van der Waals surface area contributed by atoms with Crippen LogP contribution < -0.4 is 0 Å². The van der Waals surface area contributed by atoms with Gasteiger partial charge in [0.1, 0.15) is 0 Å². The van der Waals surface area contributed by atoms with Gasteiger partial charge in [-0.2, -0.15) is 4.31 Å². The van der Waals surface area contributed by atoms with E-state index in [-0.39, 0.29) is 23.5 Å². The van der Waals surface area contributed by atoms with Crippen LogP contribution in [-0.2, 0) is 14.8 Å². The molecule has 1 atom stereocenters. The fourth-order valence-corrected chi connectivity index (χ4v) is 4.29. The highest BCUT2D eigenvalue weighted by Crippen LogP contribution is 2.31. The molecule has 2 aliphatic rings. The van der Waals surface area contributed by atoms with Crippen molar-refractivity contribution >= 4 is 27.5 Å². The van der Waals surface area contributed by atoms with Crippen LogP contribution in [0.15, 0.2) is 0 Å². The van der Waals surface area contributed by atoms with Crippen molar-refractivity contribution < 1.29 is 13.2 Å². The minimum Gasteiger partial charge on any atom is -0.340 e. The number of hydrogen-bond acceptors (Lipinski definition) is 3. The lowest BCUT2D eigenvalue weighted by Gasteiger charge is -2.34. The third kappa shape index (κ3) is 3.83. The zero-order valence-electron chi connectivity index (χ0n) is 11.2. The van der Waals surface area contributed by atoms with Gasteiger partial charge in [0.25, 0.3) is 0 Å². The highest BCUT2D eigenvalue weighted by molar-refractivity contribution is 7.89. The van der Waals surface area contributed by atoms with Crippen LogP contribution in [0.4, 0.5) is 0 Å². The molecule has 1 aliphatic heterocycles. The zero-order chi connectivity index (χ0) is 14.0. The van der Waals surface area contributed by atoms with Gasteiger partial charge in [-0.1, -0.05) is 6.92 Å². The van der Waals surface area contributed by atoms with E-state index in [2.05, 4.69) is 0 Å². The fourth-order valence-electron chi connectivity index (χ4n) is 2.28. The van der Waals surface area contributed by atoms with Gasteiger partial charge in [-0.15, -0.1) is 11.6 Å². The van der Waals surface area contributed by atoms with E-state index >= 15 is 0 Å². The second-order valence-electron chi connectivity index (χ2n) is 5.54. The average Bonchev–Trinajstić information content (AvgIpc) is 3.21. The predicted octanol–water partition coefficient (Wildman–Crippen LogP) is 0.745. The quantitative estimate of drug-likeness (QED) is 0.704. The number of nitrogens with zero attached hydrogens (tertiary/aromatic N) is 2. The Morgan fingerprint density at radius 1 is 1.26 bits per heavy atom. The molecule has 1 saturated heterocycles. The maximum atomic E-state index is 12.1. The summed E-state index contributed by atoms with van der Waals surface area (Å²) in [6.45, 7) is 3.69. The third-order valence-electron chi connectivity index (χ3n) is 3.63. The van der Waals surface area contributed by atoms with E-state index in [9.17, 15) is 13.2 Å². The predicted molar refractivity (Wildman–Crippen MR) is 74.5 cm³/mol. The molecule has 1 saturated carbocycles. The van der Waals surface area contributed by atoms with Crippen molar-refractivity contribution in [2.45, 2.75) is 19.8 Å². The Morgan fingerprint density at radius 2 is 1.84 bits per heavy atom. The Hall–Kier alpha value is -0.330. The second kappa shape index (κ2) is 5.97. The summed E-state index contributed by atoms with van der Waals surface area (Å²) in [7, 11) is -3.24. The van der Waals surface area contributed by atoms with Crippen molar-refractivity contribution in [2.75, 3.05) is 37.8 Å². The summed E-state index contributed by atoms with van der Waals surface area (Å²) in [5.41, 5.74) is 0. The van der Waals surface area contributed by atoms with Crippen LogP contribution in [-0.4, -0.2) is 61.3 Å². The largest absolute Gasteiger partial charge is 0.340 e. The first-order valence-corrected chi connectivity index (χ1v) is 8.91. The molecule has 0 aromatic heterocycles. The van der Waals surface area contributed by atoms with Gasteiger partial charge in [-0.05, 0) is 18.8 Å². The SMILES string of the molecule is CC(CCl)CS(=O)(=O)N1CCN(C(=O)C2CC2)CC1. The lowest BCUT2D eigenvalue weighted by atomic mass is 10.3. The first kappa shape index (κ1) is 15.1. The maximum absolute atomic E-state index is 12.1. The van der Waals surface area contributed by atoms with Crippen LogP contribution >= 0.6 is 11.6 Å². The summed E-state index contributed by atoms with van der Waals surface area (Å²) in [6, 6.07) is 0. The average molecular weight is 309 g/mol. The molecule has 0 bridgehead atoms. The summed E-state index contributed by atoms with van der Waals surface area (Å²) >= 11 is 5.67. The molecular formula is C12H21ClN2O3S. The monoisotopic (exact) mass is 308 g/mol. The Balaban J connectivity index is 1.86. The van der Waals surface area contributed by atoms with E-state index in [1.807, 2.05) is 6.92 Å². The smallest absolute Gasteiger partial charge is 0.225 e. The van der Waals surface area contributed by atoms with Crippen molar-refractivity contribution in [3.8, 4) is 0 Å². The lowest BCUT2D eigenvalue weighted by molar-refractivity contribution is -0.133. The molecule has 5 nitrogen and oxygen atoms in total. The van der Waals surface area contributed by atoms with Crippen molar-refractivity contribution in [3.63, 3.8) is 0 Å². The summed E-state index contributed by atoms with van der Waals surface area (Å²) in [5.74, 6) is 0.801. The van der Waals surface area contributed by atoms with E-state index < -0.39 is 10.0 Å². The Bertz CT molecular complexity index is 428. The minimum atomic E-state index is -3.24. The van der Waals surface area contributed by atoms with Crippen molar-refractivity contribution in [1.82, 2.24) is 9.21 Å². The lowest BCUT2D eigenvalue weighted by Crippen LogP contribution is -2.51. The highest BCUT2D eigenvalue weighted by Gasteiger charge is 2.36. The summed E-state index contributed by atoms with van der Waals surface area (Å²) in [5, 5.41) is 0. The molecule has 0 aromatic rings. The zero-order valence-corrected chi connectivity index (χ0v) is 12.8. The standard InChI is InChI=1S/C12H21ClN2O3S/c1-10(8-13)9-19(17,18)15-6-4-14(5-7-15)12(16)11-2-3-11/h10-11H,2-9H2,1H3. The molecule has 1 heterocycles. The van der Waals surface area contributed by atoms with E-state index in [0.29, 0.717) is 32.1 Å².